The standard InChI is InChI=1S/C24H26N4O/c29-24(21-10-5-8-17-6-1-3-9-20(17)21)25-19-12-14-28(15-13-19)23-16-18-7-2-4-11-22(18)26-27-23/h1,3,5-6,8-10,16,19H,2,4,7,11-15H2,(H,25,29). The highest BCUT2D eigenvalue weighted by atomic mass is 16.1. The second-order valence-corrected chi connectivity index (χ2v) is 8.14. The van der Waals surface area contributed by atoms with Crippen LogP contribution in [0.4, 0.5) is 5.82 Å². The molecule has 0 atom stereocenters. The number of piperidine rings is 1. The number of fused-ring (bicyclic) bond motifs is 2. The Bertz CT molecular complexity index is 1030. The number of nitrogens with one attached hydrogen (secondary N) is 1. The number of hydrogen-bond acceptors (Lipinski definition) is 4. The molecule has 2 aliphatic rings. The van der Waals surface area contributed by atoms with E-state index in [-0.39, 0.29) is 11.9 Å². The van der Waals surface area contributed by atoms with Gasteiger partial charge in [-0.05, 0) is 67.0 Å². The summed E-state index contributed by atoms with van der Waals surface area (Å²) < 4.78 is 0. The predicted molar refractivity (Wildman–Crippen MR) is 115 cm³/mol. The molecule has 148 valence electrons. The van der Waals surface area contributed by atoms with Crippen LogP contribution in [0.5, 0.6) is 0 Å². The first kappa shape index (κ1) is 18.1. The Morgan fingerprint density at radius 1 is 0.966 bits per heavy atom. The van der Waals surface area contributed by atoms with E-state index in [1.165, 1.54) is 24.1 Å². The summed E-state index contributed by atoms with van der Waals surface area (Å²) in [5.74, 6) is 1.01. The number of benzene rings is 2. The molecule has 1 saturated heterocycles. The lowest BCUT2D eigenvalue weighted by Crippen LogP contribution is -2.45. The van der Waals surface area contributed by atoms with Gasteiger partial charge in [0.15, 0.2) is 5.82 Å². The highest BCUT2D eigenvalue weighted by molar-refractivity contribution is 6.07. The van der Waals surface area contributed by atoms with Crippen molar-refractivity contribution in [3.63, 3.8) is 0 Å². The minimum Gasteiger partial charge on any atom is -0.355 e. The molecular weight excluding hydrogens is 360 g/mol. The molecule has 29 heavy (non-hydrogen) atoms. The highest BCUT2D eigenvalue weighted by Crippen LogP contribution is 2.25. The van der Waals surface area contributed by atoms with Gasteiger partial charge in [-0.25, -0.2) is 0 Å². The zero-order valence-corrected chi connectivity index (χ0v) is 16.6. The van der Waals surface area contributed by atoms with Crippen LogP contribution in [0, 0.1) is 0 Å². The summed E-state index contributed by atoms with van der Waals surface area (Å²) >= 11 is 0. The van der Waals surface area contributed by atoms with E-state index in [0.717, 1.165) is 60.9 Å². The Morgan fingerprint density at radius 3 is 2.66 bits per heavy atom. The minimum absolute atomic E-state index is 0.0221. The van der Waals surface area contributed by atoms with Crippen LogP contribution in [-0.4, -0.2) is 35.2 Å². The maximum Gasteiger partial charge on any atom is 0.252 e. The normalized spacial score (nSPS) is 17.2. The second kappa shape index (κ2) is 7.82. The van der Waals surface area contributed by atoms with E-state index < -0.39 is 0 Å². The summed E-state index contributed by atoms with van der Waals surface area (Å²) in [5.41, 5.74) is 3.30. The fraction of sp³-hybridized carbons (Fsp3) is 0.375. The van der Waals surface area contributed by atoms with Gasteiger partial charge >= 0.3 is 0 Å². The van der Waals surface area contributed by atoms with Crippen LogP contribution in [0.2, 0.25) is 0 Å². The molecule has 5 nitrogen and oxygen atoms in total. The van der Waals surface area contributed by atoms with Crippen molar-refractivity contribution in [3.8, 4) is 0 Å². The van der Waals surface area contributed by atoms with Crippen molar-refractivity contribution in [3.05, 3.63) is 65.4 Å². The number of carbonyl (C=O) groups excluding carboxylic acids is 1. The Kier molecular flexibility index (Phi) is 4.88. The van der Waals surface area contributed by atoms with Gasteiger partial charge in [0, 0.05) is 24.7 Å². The molecule has 2 aromatic carbocycles. The van der Waals surface area contributed by atoms with Crippen LogP contribution >= 0.6 is 0 Å². The SMILES string of the molecule is O=C(NC1CCN(c2cc3c(nn2)CCCC3)CC1)c1cccc2ccccc12. The Balaban J connectivity index is 1.23. The van der Waals surface area contributed by atoms with Gasteiger partial charge in [-0.1, -0.05) is 36.4 Å². The molecule has 5 rings (SSSR count). The molecule has 1 aromatic heterocycles. The largest absolute Gasteiger partial charge is 0.355 e. The Labute approximate surface area is 171 Å². The van der Waals surface area contributed by atoms with E-state index in [9.17, 15) is 4.79 Å². The molecule has 0 radical (unpaired) electrons. The van der Waals surface area contributed by atoms with Crippen LogP contribution in [-0.2, 0) is 12.8 Å². The molecule has 1 aliphatic carbocycles. The number of hydrogen-bond donors (Lipinski definition) is 1. The third kappa shape index (κ3) is 3.69. The fourth-order valence-corrected chi connectivity index (χ4v) is 4.57. The number of aromatic nitrogens is 2. The van der Waals surface area contributed by atoms with Gasteiger partial charge in [0.2, 0.25) is 0 Å². The molecule has 2 heterocycles. The molecule has 1 fully saturated rings. The van der Waals surface area contributed by atoms with E-state index in [4.69, 9.17) is 0 Å². The Morgan fingerprint density at radius 2 is 1.76 bits per heavy atom. The molecule has 3 aromatic rings. The first-order valence-corrected chi connectivity index (χ1v) is 10.7. The number of amides is 1. The van der Waals surface area contributed by atoms with Gasteiger partial charge in [0.05, 0.1) is 5.69 Å². The van der Waals surface area contributed by atoms with Crippen molar-refractivity contribution in [1.82, 2.24) is 15.5 Å². The first-order chi connectivity index (χ1) is 14.3. The smallest absolute Gasteiger partial charge is 0.252 e. The molecule has 0 unspecified atom stereocenters. The van der Waals surface area contributed by atoms with Crippen molar-refractivity contribution in [2.75, 3.05) is 18.0 Å². The third-order valence-electron chi connectivity index (χ3n) is 6.25. The number of nitrogens with zero attached hydrogens (tertiary/aromatic N) is 3. The van der Waals surface area contributed by atoms with Crippen LogP contribution < -0.4 is 10.2 Å². The van der Waals surface area contributed by atoms with E-state index in [2.05, 4.69) is 26.5 Å². The van der Waals surface area contributed by atoms with E-state index in [0.29, 0.717) is 0 Å². The maximum absolute atomic E-state index is 12.9. The van der Waals surface area contributed by atoms with Gasteiger partial charge in [0.1, 0.15) is 0 Å². The highest BCUT2D eigenvalue weighted by Gasteiger charge is 2.24. The molecule has 5 heteroatoms. The van der Waals surface area contributed by atoms with E-state index in [1.54, 1.807) is 0 Å². The summed E-state index contributed by atoms with van der Waals surface area (Å²) in [5, 5.41) is 14.3. The van der Waals surface area contributed by atoms with Crippen molar-refractivity contribution in [1.29, 1.82) is 0 Å². The predicted octanol–water partition coefficient (Wildman–Crippen LogP) is 3.91. The molecule has 1 amide bonds. The van der Waals surface area contributed by atoms with Gasteiger partial charge < -0.3 is 10.2 Å². The van der Waals surface area contributed by atoms with Crippen molar-refractivity contribution in [2.24, 2.45) is 0 Å². The van der Waals surface area contributed by atoms with Crippen molar-refractivity contribution >= 4 is 22.5 Å². The maximum atomic E-state index is 12.9. The number of carbonyl (C=O) groups is 1. The lowest BCUT2D eigenvalue weighted by molar-refractivity contribution is 0.0933. The summed E-state index contributed by atoms with van der Waals surface area (Å²) in [4.78, 5) is 15.2. The number of rotatable bonds is 3. The quantitative estimate of drug-likeness (QED) is 0.742. The fourth-order valence-electron chi connectivity index (χ4n) is 4.57. The molecule has 1 N–H and O–H groups in total. The average Bonchev–Trinajstić information content (AvgIpc) is 2.79. The van der Waals surface area contributed by atoms with Crippen LogP contribution in [0.3, 0.4) is 0 Å². The zero-order chi connectivity index (χ0) is 19.6. The van der Waals surface area contributed by atoms with E-state index >= 15 is 0 Å². The van der Waals surface area contributed by atoms with Crippen LogP contribution in [0.25, 0.3) is 10.8 Å². The lowest BCUT2D eigenvalue weighted by atomic mass is 9.96. The monoisotopic (exact) mass is 386 g/mol. The van der Waals surface area contributed by atoms with Crippen molar-refractivity contribution < 1.29 is 4.79 Å². The zero-order valence-electron chi connectivity index (χ0n) is 16.6. The van der Waals surface area contributed by atoms with Gasteiger partial charge in [-0.2, -0.15) is 5.10 Å². The topological polar surface area (TPSA) is 58.1 Å². The summed E-state index contributed by atoms with van der Waals surface area (Å²) in [7, 11) is 0. The molecule has 1 aliphatic heterocycles. The van der Waals surface area contributed by atoms with Crippen molar-refractivity contribution in [2.45, 2.75) is 44.6 Å². The minimum atomic E-state index is 0.0221. The molecular formula is C24H26N4O. The van der Waals surface area contributed by atoms with E-state index in [1.807, 2.05) is 42.5 Å². The van der Waals surface area contributed by atoms with Gasteiger partial charge in [-0.15, -0.1) is 5.10 Å². The summed E-state index contributed by atoms with van der Waals surface area (Å²) in [6, 6.07) is 16.4. The first-order valence-electron chi connectivity index (χ1n) is 10.7. The second-order valence-electron chi connectivity index (χ2n) is 8.14. The molecule has 0 bridgehead atoms. The summed E-state index contributed by atoms with van der Waals surface area (Å²) in [6.07, 6.45) is 6.51. The lowest BCUT2D eigenvalue weighted by Gasteiger charge is -2.33. The van der Waals surface area contributed by atoms with Crippen LogP contribution in [0.1, 0.15) is 47.3 Å². The average molecular weight is 386 g/mol. The summed E-state index contributed by atoms with van der Waals surface area (Å²) in [6.45, 7) is 1.79. The van der Waals surface area contributed by atoms with Gasteiger partial charge in [0.25, 0.3) is 5.91 Å². The molecule has 0 saturated carbocycles. The van der Waals surface area contributed by atoms with Crippen LogP contribution in [0.15, 0.2) is 48.5 Å². The number of aryl methyl sites for hydroxylation is 2. The molecule has 0 spiro atoms. The number of anilines is 1. The third-order valence-corrected chi connectivity index (χ3v) is 6.25. The Hall–Kier alpha value is -2.95. The van der Waals surface area contributed by atoms with Gasteiger partial charge in [-0.3, -0.25) is 4.79 Å².